The van der Waals surface area contributed by atoms with Crippen molar-refractivity contribution in [2.75, 3.05) is 0 Å². The van der Waals surface area contributed by atoms with Gasteiger partial charge in [-0.2, -0.15) is 0 Å². The zero-order chi connectivity index (χ0) is 13.1. The summed E-state index contributed by atoms with van der Waals surface area (Å²) < 4.78 is 0. The highest BCUT2D eigenvalue weighted by atomic mass is 35.5. The third kappa shape index (κ3) is 3.63. The molecule has 1 aliphatic carbocycles. The molecule has 0 amide bonds. The van der Waals surface area contributed by atoms with Crippen molar-refractivity contribution >= 4 is 23.2 Å². The summed E-state index contributed by atoms with van der Waals surface area (Å²) in [6.45, 7) is 4.54. The minimum Gasteiger partial charge on any atom is -0.307 e. The molecule has 2 rings (SSSR count). The molecule has 0 bridgehead atoms. The number of nitrogens with one attached hydrogen (secondary N) is 1. The lowest BCUT2D eigenvalue weighted by atomic mass is 9.87. The van der Waals surface area contributed by atoms with Crippen molar-refractivity contribution in [2.45, 2.75) is 51.6 Å². The van der Waals surface area contributed by atoms with E-state index in [1.807, 2.05) is 12.1 Å². The highest BCUT2D eigenvalue weighted by molar-refractivity contribution is 6.42. The zero-order valence-corrected chi connectivity index (χ0v) is 12.6. The minimum atomic E-state index is 0.332. The van der Waals surface area contributed by atoms with Crippen LogP contribution < -0.4 is 5.32 Å². The summed E-state index contributed by atoms with van der Waals surface area (Å²) in [5.41, 5.74) is 1.21. The van der Waals surface area contributed by atoms with Crippen LogP contribution in [0.5, 0.6) is 0 Å². The summed E-state index contributed by atoms with van der Waals surface area (Å²) in [5.74, 6) is 0.892. The lowest BCUT2D eigenvalue weighted by molar-refractivity contribution is 0.292. The van der Waals surface area contributed by atoms with Gasteiger partial charge in [0.05, 0.1) is 10.0 Å². The Balaban J connectivity index is 1.94. The van der Waals surface area contributed by atoms with Gasteiger partial charge in [0.2, 0.25) is 0 Å². The standard InChI is InChI=1S/C15H21Cl2N/c1-10-3-6-13(7-4-10)18-11(2)12-5-8-14(16)15(17)9-12/h5,8-11,13,18H,3-4,6-7H2,1-2H3. The third-order valence-corrected chi connectivity index (χ3v) is 4.68. The second-order valence-electron chi connectivity index (χ2n) is 5.52. The van der Waals surface area contributed by atoms with E-state index in [9.17, 15) is 0 Å². The van der Waals surface area contributed by atoms with Gasteiger partial charge in [0.25, 0.3) is 0 Å². The van der Waals surface area contributed by atoms with Crippen LogP contribution in [0.2, 0.25) is 10.0 Å². The average molecular weight is 286 g/mol. The first-order valence-electron chi connectivity index (χ1n) is 6.77. The lowest BCUT2D eigenvalue weighted by Gasteiger charge is -2.30. The Morgan fingerprint density at radius 2 is 1.78 bits per heavy atom. The van der Waals surface area contributed by atoms with Crippen LogP contribution in [0, 0.1) is 5.92 Å². The maximum absolute atomic E-state index is 6.06. The SMILES string of the molecule is CC1CCC(NC(C)c2ccc(Cl)c(Cl)c2)CC1. The Labute approximate surface area is 120 Å². The van der Waals surface area contributed by atoms with Crippen LogP contribution >= 0.6 is 23.2 Å². The summed E-state index contributed by atoms with van der Waals surface area (Å²) in [6.07, 6.45) is 5.25. The molecule has 1 saturated carbocycles. The molecule has 0 spiro atoms. The summed E-state index contributed by atoms with van der Waals surface area (Å²) in [7, 11) is 0. The topological polar surface area (TPSA) is 12.0 Å². The summed E-state index contributed by atoms with van der Waals surface area (Å²) in [4.78, 5) is 0. The normalized spacial score (nSPS) is 26.0. The molecular weight excluding hydrogens is 265 g/mol. The quantitative estimate of drug-likeness (QED) is 0.803. The smallest absolute Gasteiger partial charge is 0.0595 e. The van der Waals surface area contributed by atoms with Gasteiger partial charge in [-0.1, -0.05) is 36.2 Å². The Kier molecular flexibility index (Phi) is 4.94. The van der Waals surface area contributed by atoms with Crippen molar-refractivity contribution in [3.8, 4) is 0 Å². The molecule has 0 saturated heterocycles. The summed E-state index contributed by atoms with van der Waals surface area (Å²) >= 11 is 12.0. The van der Waals surface area contributed by atoms with Gasteiger partial charge < -0.3 is 5.32 Å². The number of benzene rings is 1. The van der Waals surface area contributed by atoms with Crippen molar-refractivity contribution in [1.82, 2.24) is 5.32 Å². The molecule has 1 nitrogen and oxygen atoms in total. The van der Waals surface area contributed by atoms with E-state index in [2.05, 4.69) is 25.2 Å². The molecule has 1 fully saturated rings. The van der Waals surface area contributed by atoms with Crippen molar-refractivity contribution in [2.24, 2.45) is 5.92 Å². The maximum atomic E-state index is 6.06. The first-order valence-corrected chi connectivity index (χ1v) is 7.53. The lowest BCUT2D eigenvalue weighted by Crippen LogP contribution is -2.34. The van der Waals surface area contributed by atoms with Crippen LogP contribution in [0.1, 0.15) is 51.1 Å². The molecule has 0 aromatic heterocycles. The Morgan fingerprint density at radius 3 is 2.39 bits per heavy atom. The molecule has 1 aromatic carbocycles. The number of halogens is 2. The Morgan fingerprint density at radius 1 is 1.11 bits per heavy atom. The highest BCUT2D eigenvalue weighted by Gasteiger charge is 2.20. The predicted molar refractivity (Wildman–Crippen MR) is 79.4 cm³/mol. The van der Waals surface area contributed by atoms with Gasteiger partial charge in [-0.25, -0.2) is 0 Å². The van der Waals surface area contributed by atoms with Crippen molar-refractivity contribution < 1.29 is 0 Å². The molecule has 1 aliphatic rings. The first kappa shape index (κ1) is 14.2. The molecule has 0 heterocycles. The fourth-order valence-corrected chi connectivity index (χ4v) is 2.96. The minimum absolute atomic E-state index is 0.332. The van der Waals surface area contributed by atoms with Gasteiger partial charge >= 0.3 is 0 Å². The average Bonchev–Trinajstić information content (AvgIpc) is 2.35. The Hall–Kier alpha value is -0.240. The number of hydrogen-bond acceptors (Lipinski definition) is 1. The molecule has 0 aliphatic heterocycles. The molecule has 1 aromatic rings. The molecule has 1 N–H and O–H groups in total. The molecule has 1 atom stereocenters. The van der Waals surface area contributed by atoms with E-state index in [0.717, 1.165) is 5.92 Å². The van der Waals surface area contributed by atoms with Crippen LogP contribution in [-0.2, 0) is 0 Å². The maximum Gasteiger partial charge on any atom is 0.0595 e. The van der Waals surface area contributed by atoms with E-state index in [-0.39, 0.29) is 0 Å². The molecule has 18 heavy (non-hydrogen) atoms. The molecule has 0 radical (unpaired) electrons. The van der Waals surface area contributed by atoms with Crippen molar-refractivity contribution in [3.63, 3.8) is 0 Å². The van der Waals surface area contributed by atoms with E-state index in [1.54, 1.807) is 0 Å². The van der Waals surface area contributed by atoms with Gasteiger partial charge in [0.15, 0.2) is 0 Å². The second-order valence-corrected chi connectivity index (χ2v) is 6.33. The van der Waals surface area contributed by atoms with E-state index in [0.29, 0.717) is 22.1 Å². The van der Waals surface area contributed by atoms with Crippen LogP contribution in [-0.4, -0.2) is 6.04 Å². The van der Waals surface area contributed by atoms with E-state index >= 15 is 0 Å². The summed E-state index contributed by atoms with van der Waals surface area (Å²) in [5, 5.41) is 4.96. The monoisotopic (exact) mass is 285 g/mol. The van der Waals surface area contributed by atoms with E-state index in [1.165, 1.54) is 31.2 Å². The van der Waals surface area contributed by atoms with Crippen LogP contribution in [0.15, 0.2) is 18.2 Å². The fraction of sp³-hybridized carbons (Fsp3) is 0.600. The van der Waals surface area contributed by atoms with Crippen LogP contribution in [0.25, 0.3) is 0 Å². The number of rotatable bonds is 3. The van der Waals surface area contributed by atoms with Gasteiger partial charge in [0.1, 0.15) is 0 Å². The van der Waals surface area contributed by atoms with Crippen LogP contribution in [0.4, 0.5) is 0 Å². The second kappa shape index (κ2) is 6.27. The van der Waals surface area contributed by atoms with Crippen molar-refractivity contribution in [1.29, 1.82) is 0 Å². The van der Waals surface area contributed by atoms with Gasteiger partial charge in [-0.3, -0.25) is 0 Å². The van der Waals surface area contributed by atoms with Gasteiger partial charge in [-0.15, -0.1) is 0 Å². The highest BCUT2D eigenvalue weighted by Crippen LogP contribution is 2.28. The molecular formula is C15H21Cl2N. The third-order valence-electron chi connectivity index (χ3n) is 3.95. The summed E-state index contributed by atoms with van der Waals surface area (Å²) in [6, 6.07) is 6.87. The fourth-order valence-electron chi connectivity index (χ4n) is 2.66. The number of hydrogen-bond donors (Lipinski definition) is 1. The van der Waals surface area contributed by atoms with E-state index < -0.39 is 0 Å². The zero-order valence-electron chi connectivity index (χ0n) is 11.0. The van der Waals surface area contributed by atoms with Gasteiger partial charge in [-0.05, 0) is 56.2 Å². The molecule has 100 valence electrons. The van der Waals surface area contributed by atoms with E-state index in [4.69, 9.17) is 23.2 Å². The van der Waals surface area contributed by atoms with Crippen LogP contribution in [0.3, 0.4) is 0 Å². The molecule has 3 heteroatoms. The van der Waals surface area contributed by atoms with Crippen molar-refractivity contribution in [3.05, 3.63) is 33.8 Å². The largest absolute Gasteiger partial charge is 0.307 e. The van der Waals surface area contributed by atoms with Gasteiger partial charge in [0, 0.05) is 12.1 Å². The first-order chi connectivity index (χ1) is 8.56. The predicted octanol–water partition coefficient (Wildman–Crippen LogP) is 5.22. The molecule has 1 unspecified atom stereocenters. The Bertz CT molecular complexity index is 397.